The largest absolute Gasteiger partial charge is 0.338 e. The molecule has 2 aromatic rings. The lowest BCUT2D eigenvalue weighted by molar-refractivity contribution is 0.252. The van der Waals surface area contributed by atoms with Crippen molar-refractivity contribution in [3.8, 4) is 0 Å². The van der Waals surface area contributed by atoms with Gasteiger partial charge in [-0.05, 0) is 23.1 Å². The SMILES string of the molecule is CC(C)(C)[C@H](N)c1nc(Cc2cccc(F)c2)no1.Cl. The predicted octanol–water partition coefficient (Wildman–Crippen LogP) is 3.27. The van der Waals surface area contributed by atoms with Crippen LogP contribution in [-0.4, -0.2) is 10.1 Å². The maximum atomic E-state index is 13.1. The number of hydrogen-bond acceptors (Lipinski definition) is 4. The maximum Gasteiger partial charge on any atom is 0.244 e. The minimum Gasteiger partial charge on any atom is -0.338 e. The second-order valence-electron chi connectivity index (χ2n) is 5.70. The van der Waals surface area contributed by atoms with E-state index in [1.54, 1.807) is 6.07 Å². The summed E-state index contributed by atoms with van der Waals surface area (Å²) < 4.78 is 18.3. The molecule has 20 heavy (non-hydrogen) atoms. The van der Waals surface area contributed by atoms with E-state index in [4.69, 9.17) is 10.3 Å². The molecule has 2 N–H and O–H groups in total. The van der Waals surface area contributed by atoms with Gasteiger partial charge in [0.25, 0.3) is 0 Å². The van der Waals surface area contributed by atoms with Crippen molar-refractivity contribution in [1.29, 1.82) is 0 Å². The summed E-state index contributed by atoms with van der Waals surface area (Å²) >= 11 is 0. The number of nitrogens with two attached hydrogens (primary N) is 1. The summed E-state index contributed by atoms with van der Waals surface area (Å²) in [5, 5.41) is 3.89. The van der Waals surface area contributed by atoms with Gasteiger partial charge >= 0.3 is 0 Å². The molecule has 110 valence electrons. The van der Waals surface area contributed by atoms with Crippen molar-refractivity contribution >= 4 is 12.4 Å². The molecule has 0 aliphatic rings. The third kappa shape index (κ3) is 4.02. The normalized spacial score (nSPS) is 12.8. The lowest BCUT2D eigenvalue weighted by Gasteiger charge is -2.23. The summed E-state index contributed by atoms with van der Waals surface area (Å²) in [6.45, 7) is 6.02. The Bertz CT molecular complexity index is 566. The fraction of sp³-hybridized carbons (Fsp3) is 0.429. The zero-order chi connectivity index (χ0) is 14.0. The number of nitrogens with zero attached hydrogens (tertiary/aromatic N) is 2. The second kappa shape index (κ2) is 6.33. The third-order valence-electron chi connectivity index (χ3n) is 2.93. The van der Waals surface area contributed by atoms with Gasteiger partial charge in [-0.25, -0.2) is 4.39 Å². The van der Waals surface area contributed by atoms with Crippen molar-refractivity contribution in [3.63, 3.8) is 0 Å². The average Bonchev–Trinajstić information content (AvgIpc) is 2.75. The first-order chi connectivity index (χ1) is 8.86. The van der Waals surface area contributed by atoms with Crippen LogP contribution in [0.1, 0.15) is 44.1 Å². The Morgan fingerprint density at radius 2 is 2.05 bits per heavy atom. The second-order valence-corrected chi connectivity index (χ2v) is 5.70. The molecule has 0 unspecified atom stereocenters. The standard InChI is InChI=1S/C14H18FN3O.ClH/c1-14(2,3)12(16)13-17-11(18-19-13)8-9-5-4-6-10(15)7-9;/h4-7,12H,8,16H2,1-3H3;1H/t12-;/m1./s1. The molecule has 1 aromatic carbocycles. The minimum atomic E-state index is -0.318. The lowest BCUT2D eigenvalue weighted by Crippen LogP contribution is -2.26. The summed E-state index contributed by atoms with van der Waals surface area (Å²) in [5.41, 5.74) is 6.70. The summed E-state index contributed by atoms with van der Waals surface area (Å²) in [6.07, 6.45) is 0.429. The van der Waals surface area contributed by atoms with E-state index in [-0.39, 0.29) is 29.7 Å². The molecule has 0 radical (unpaired) electrons. The topological polar surface area (TPSA) is 64.9 Å². The molecular formula is C14H19ClFN3O. The molecule has 0 bridgehead atoms. The van der Waals surface area contributed by atoms with E-state index in [0.29, 0.717) is 18.1 Å². The molecule has 0 saturated heterocycles. The Labute approximate surface area is 124 Å². The molecule has 0 amide bonds. The Hall–Kier alpha value is -1.46. The fourth-order valence-electron chi connectivity index (χ4n) is 1.67. The zero-order valence-electron chi connectivity index (χ0n) is 11.8. The molecule has 0 spiro atoms. The Kier molecular flexibility index (Phi) is 5.25. The first kappa shape index (κ1) is 16.6. The van der Waals surface area contributed by atoms with Crippen LogP contribution in [-0.2, 0) is 6.42 Å². The molecule has 0 aliphatic carbocycles. The predicted molar refractivity (Wildman–Crippen MR) is 77.1 cm³/mol. The number of aromatic nitrogens is 2. The highest BCUT2D eigenvalue weighted by atomic mass is 35.5. The van der Waals surface area contributed by atoms with E-state index in [0.717, 1.165) is 5.56 Å². The van der Waals surface area contributed by atoms with Crippen LogP contribution in [0.2, 0.25) is 0 Å². The monoisotopic (exact) mass is 299 g/mol. The fourth-order valence-corrected chi connectivity index (χ4v) is 1.67. The van der Waals surface area contributed by atoms with Gasteiger partial charge in [0.2, 0.25) is 5.89 Å². The minimum absolute atomic E-state index is 0. The van der Waals surface area contributed by atoms with E-state index < -0.39 is 0 Å². The highest BCUT2D eigenvalue weighted by Crippen LogP contribution is 2.29. The van der Waals surface area contributed by atoms with E-state index in [9.17, 15) is 4.39 Å². The van der Waals surface area contributed by atoms with Crippen LogP contribution in [0.25, 0.3) is 0 Å². The molecule has 6 heteroatoms. The van der Waals surface area contributed by atoms with E-state index >= 15 is 0 Å². The Morgan fingerprint density at radius 1 is 1.35 bits per heavy atom. The van der Waals surface area contributed by atoms with Crippen molar-refractivity contribution in [2.24, 2.45) is 11.1 Å². The molecule has 1 aromatic heterocycles. The zero-order valence-corrected chi connectivity index (χ0v) is 12.6. The molecule has 0 aliphatic heterocycles. The van der Waals surface area contributed by atoms with Gasteiger partial charge in [0.1, 0.15) is 5.82 Å². The number of halogens is 2. The summed E-state index contributed by atoms with van der Waals surface area (Å²) in [7, 11) is 0. The van der Waals surface area contributed by atoms with Gasteiger partial charge in [0.15, 0.2) is 5.82 Å². The van der Waals surface area contributed by atoms with Gasteiger partial charge in [-0.15, -0.1) is 12.4 Å². The number of benzene rings is 1. The quantitative estimate of drug-likeness (QED) is 0.944. The average molecular weight is 300 g/mol. The van der Waals surface area contributed by atoms with Crippen LogP contribution in [0.3, 0.4) is 0 Å². The summed E-state index contributed by atoms with van der Waals surface area (Å²) in [6, 6.07) is 6.02. The Balaban J connectivity index is 0.00000200. The van der Waals surface area contributed by atoms with E-state index in [1.165, 1.54) is 12.1 Å². The first-order valence-corrected chi connectivity index (χ1v) is 6.19. The van der Waals surface area contributed by atoms with Gasteiger partial charge in [0, 0.05) is 6.42 Å². The van der Waals surface area contributed by atoms with Gasteiger partial charge in [-0.2, -0.15) is 4.98 Å². The highest BCUT2D eigenvalue weighted by molar-refractivity contribution is 5.85. The summed E-state index contributed by atoms with van der Waals surface area (Å²) in [5.74, 6) is 0.659. The van der Waals surface area contributed by atoms with Gasteiger partial charge in [0.05, 0.1) is 6.04 Å². The van der Waals surface area contributed by atoms with Crippen molar-refractivity contribution in [2.75, 3.05) is 0 Å². The molecule has 1 heterocycles. The van der Waals surface area contributed by atoms with Gasteiger partial charge in [-0.3, -0.25) is 0 Å². The molecule has 1 atom stereocenters. The van der Waals surface area contributed by atoms with Crippen molar-refractivity contribution < 1.29 is 8.91 Å². The van der Waals surface area contributed by atoms with E-state index in [2.05, 4.69) is 10.1 Å². The molecule has 0 saturated carbocycles. The molecule has 2 rings (SSSR count). The van der Waals surface area contributed by atoms with Crippen molar-refractivity contribution in [1.82, 2.24) is 10.1 Å². The van der Waals surface area contributed by atoms with Crippen molar-refractivity contribution in [3.05, 3.63) is 47.4 Å². The van der Waals surface area contributed by atoms with Crippen LogP contribution in [0.4, 0.5) is 4.39 Å². The smallest absolute Gasteiger partial charge is 0.244 e. The van der Waals surface area contributed by atoms with Crippen LogP contribution >= 0.6 is 12.4 Å². The molecule has 4 nitrogen and oxygen atoms in total. The van der Waals surface area contributed by atoms with E-state index in [1.807, 2.05) is 26.8 Å². The highest BCUT2D eigenvalue weighted by Gasteiger charge is 2.27. The van der Waals surface area contributed by atoms with Crippen LogP contribution in [0, 0.1) is 11.2 Å². The third-order valence-corrected chi connectivity index (χ3v) is 2.93. The van der Waals surface area contributed by atoms with Crippen molar-refractivity contribution in [2.45, 2.75) is 33.2 Å². The van der Waals surface area contributed by atoms with Crippen LogP contribution < -0.4 is 5.73 Å². The number of hydrogen-bond donors (Lipinski definition) is 1. The summed E-state index contributed by atoms with van der Waals surface area (Å²) in [4.78, 5) is 4.28. The maximum absolute atomic E-state index is 13.1. The molecular weight excluding hydrogens is 281 g/mol. The molecule has 0 fully saturated rings. The van der Waals surface area contributed by atoms with Crippen LogP contribution in [0.15, 0.2) is 28.8 Å². The first-order valence-electron chi connectivity index (χ1n) is 6.19. The Morgan fingerprint density at radius 3 is 2.65 bits per heavy atom. The van der Waals surface area contributed by atoms with Gasteiger partial charge < -0.3 is 10.3 Å². The number of rotatable bonds is 3. The van der Waals surface area contributed by atoms with Crippen LogP contribution in [0.5, 0.6) is 0 Å². The van der Waals surface area contributed by atoms with Gasteiger partial charge in [-0.1, -0.05) is 38.1 Å². The lowest BCUT2D eigenvalue weighted by atomic mass is 9.87.